The maximum Gasteiger partial charge on any atom is 0.257 e. The van der Waals surface area contributed by atoms with E-state index in [0.29, 0.717) is 13.0 Å². The number of carbonyl (C=O) groups is 2. The van der Waals surface area contributed by atoms with Crippen molar-refractivity contribution in [3.05, 3.63) is 29.6 Å². The molecule has 1 aromatic rings. The molecule has 1 fully saturated rings. The summed E-state index contributed by atoms with van der Waals surface area (Å²) in [6.07, 6.45) is 3.91. The van der Waals surface area contributed by atoms with E-state index in [1.165, 1.54) is 13.0 Å². The highest BCUT2D eigenvalue weighted by molar-refractivity contribution is 5.97. The summed E-state index contributed by atoms with van der Waals surface area (Å²) in [4.78, 5) is 25.6. The Bertz CT molecular complexity index is 544. The zero-order valence-electron chi connectivity index (χ0n) is 12.1. The molecule has 1 N–H and O–H groups in total. The molecule has 4 nitrogen and oxygen atoms in total. The first-order chi connectivity index (χ1) is 9.99. The summed E-state index contributed by atoms with van der Waals surface area (Å²) in [5.74, 6) is -1.16. The molecular weight excluding hydrogens is 273 g/mol. The molecular formula is C16H20FNO3. The minimum Gasteiger partial charge on any atom is -0.507 e. The highest BCUT2D eigenvalue weighted by Crippen LogP contribution is 2.25. The summed E-state index contributed by atoms with van der Waals surface area (Å²) in [6.45, 7) is 2.04. The Hall–Kier alpha value is -1.91. The third-order valence-electron chi connectivity index (χ3n) is 3.85. The molecule has 0 saturated carbocycles. The predicted molar refractivity (Wildman–Crippen MR) is 76.7 cm³/mol. The summed E-state index contributed by atoms with van der Waals surface area (Å²) in [5, 5.41) is 9.79. The van der Waals surface area contributed by atoms with Crippen molar-refractivity contribution in [1.29, 1.82) is 0 Å². The fourth-order valence-corrected chi connectivity index (χ4v) is 2.82. The maximum atomic E-state index is 13.3. The number of hydrogen-bond acceptors (Lipinski definition) is 3. The van der Waals surface area contributed by atoms with Gasteiger partial charge in [-0.2, -0.15) is 0 Å². The third-order valence-corrected chi connectivity index (χ3v) is 3.85. The number of aromatic hydroxyl groups is 1. The molecule has 1 aromatic carbocycles. The predicted octanol–water partition coefficient (Wildman–Crippen LogP) is 2.90. The van der Waals surface area contributed by atoms with Crippen molar-refractivity contribution >= 4 is 11.7 Å². The Labute approximate surface area is 123 Å². The molecule has 114 valence electrons. The van der Waals surface area contributed by atoms with E-state index in [9.17, 15) is 19.1 Å². The van der Waals surface area contributed by atoms with E-state index >= 15 is 0 Å². The van der Waals surface area contributed by atoms with Crippen molar-refractivity contribution in [2.24, 2.45) is 0 Å². The molecule has 21 heavy (non-hydrogen) atoms. The van der Waals surface area contributed by atoms with Crippen LogP contribution in [0.5, 0.6) is 5.75 Å². The average Bonchev–Trinajstić information content (AvgIpc) is 2.65. The van der Waals surface area contributed by atoms with Gasteiger partial charge in [-0.25, -0.2) is 4.39 Å². The molecule has 0 bridgehead atoms. The summed E-state index contributed by atoms with van der Waals surface area (Å²) in [7, 11) is 0. The van der Waals surface area contributed by atoms with E-state index < -0.39 is 11.7 Å². The van der Waals surface area contributed by atoms with Crippen LogP contribution in [0.2, 0.25) is 0 Å². The smallest absolute Gasteiger partial charge is 0.257 e. The van der Waals surface area contributed by atoms with Crippen LogP contribution >= 0.6 is 0 Å². The summed E-state index contributed by atoms with van der Waals surface area (Å²) >= 11 is 0. The Balaban J connectivity index is 2.28. The molecule has 1 atom stereocenters. The van der Waals surface area contributed by atoms with Crippen LogP contribution in [0.25, 0.3) is 0 Å². The number of phenolic OH excluding ortho intramolecular Hbond substituents is 1. The van der Waals surface area contributed by atoms with Crippen molar-refractivity contribution in [3.63, 3.8) is 0 Å². The van der Waals surface area contributed by atoms with Crippen molar-refractivity contribution in [2.45, 2.75) is 45.1 Å². The van der Waals surface area contributed by atoms with Crippen molar-refractivity contribution in [2.75, 3.05) is 6.54 Å². The van der Waals surface area contributed by atoms with Crippen molar-refractivity contribution in [3.8, 4) is 5.75 Å². The standard InChI is InChI=1S/C16H20FNO3/c1-11(19)9-13-5-3-2-4-8-18(13)16(21)14-10-12(17)6-7-15(14)20/h6-7,10,13,20H,2-5,8-9H2,1H3. The van der Waals surface area contributed by atoms with Gasteiger partial charge in [0.2, 0.25) is 0 Å². The minimum atomic E-state index is -0.561. The van der Waals surface area contributed by atoms with Crippen molar-refractivity contribution in [1.82, 2.24) is 4.90 Å². The number of halogens is 1. The fourth-order valence-electron chi connectivity index (χ4n) is 2.82. The number of hydrogen-bond donors (Lipinski definition) is 1. The first-order valence-corrected chi connectivity index (χ1v) is 7.28. The highest BCUT2D eigenvalue weighted by Gasteiger charge is 2.28. The van der Waals surface area contributed by atoms with Gasteiger partial charge in [0.25, 0.3) is 5.91 Å². The first-order valence-electron chi connectivity index (χ1n) is 7.28. The lowest BCUT2D eigenvalue weighted by molar-refractivity contribution is -0.118. The monoisotopic (exact) mass is 293 g/mol. The number of ketones is 1. The topological polar surface area (TPSA) is 57.6 Å². The zero-order chi connectivity index (χ0) is 15.4. The van der Waals surface area contributed by atoms with Crippen LogP contribution in [-0.2, 0) is 4.79 Å². The van der Waals surface area contributed by atoms with Gasteiger partial charge in [0.05, 0.1) is 5.56 Å². The van der Waals surface area contributed by atoms with Crippen LogP contribution in [-0.4, -0.2) is 34.3 Å². The number of likely N-dealkylation sites (tertiary alicyclic amines) is 1. The van der Waals surface area contributed by atoms with E-state index in [2.05, 4.69) is 0 Å². The Morgan fingerprint density at radius 3 is 2.81 bits per heavy atom. The number of phenols is 1. The van der Waals surface area contributed by atoms with Crippen molar-refractivity contribution < 1.29 is 19.1 Å². The zero-order valence-corrected chi connectivity index (χ0v) is 12.1. The summed E-state index contributed by atoms with van der Waals surface area (Å²) in [6, 6.07) is 3.18. The van der Waals surface area contributed by atoms with Gasteiger partial charge in [0, 0.05) is 19.0 Å². The Morgan fingerprint density at radius 2 is 2.10 bits per heavy atom. The largest absolute Gasteiger partial charge is 0.507 e. The van der Waals surface area contributed by atoms with E-state index in [1.807, 2.05) is 0 Å². The second-order valence-electron chi connectivity index (χ2n) is 5.57. The maximum absolute atomic E-state index is 13.3. The van der Waals surface area contributed by atoms with Crippen LogP contribution in [0.1, 0.15) is 49.4 Å². The molecule has 0 spiro atoms. The van der Waals surface area contributed by atoms with E-state index in [0.717, 1.165) is 37.8 Å². The van der Waals surface area contributed by atoms with E-state index in [4.69, 9.17) is 0 Å². The van der Waals surface area contributed by atoms with Crippen LogP contribution in [0.15, 0.2) is 18.2 Å². The molecule has 2 rings (SSSR count). The number of carbonyl (C=O) groups excluding carboxylic acids is 2. The number of amides is 1. The lowest BCUT2D eigenvalue weighted by Crippen LogP contribution is -2.41. The number of nitrogens with zero attached hydrogens (tertiary/aromatic N) is 1. The van der Waals surface area contributed by atoms with Crippen LogP contribution in [0.4, 0.5) is 4.39 Å². The van der Waals surface area contributed by atoms with Crippen LogP contribution in [0, 0.1) is 5.82 Å². The second kappa shape index (κ2) is 6.70. The lowest BCUT2D eigenvalue weighted by atomic mass is 10.0. The number of benzene rings is 1. The minimum absolute atomic E-state index is 0.0307. The van der Waals surface area contributed by atoms with Gasteiger partial charge in [0.15, 0.2) is 0 Å². The SMILES string of the molecule is CC(=O)CC1CCCCCN1C(=O)c1cc(F)ccc1O. The molecule has 0 aliphatic carbocycles. The molecule has 0 radical (unpaired) electrons. The second-order valence-corrected chi connectivity index (χ2v) is 5.57. The molecule has 1 aliphatic rings. The molecule has 1 amide bonds. The number of Topliss-reactive ketones (excluding diaryl/α,β-unsaturated/α-hetero) is 1. The van der Waals surface area contributed by atoms with Gasteiger partial charge in [-0.1, -0.05) is 12.8 Å². The Morgan fingerprint density at radius 1 is 1.33 bits per heavy atom. The summed E-state index contributed by atoms with van der Waals surface area (Å²) in [5.41, 5.74) is -0.0366. The molecule has 1 saturated heterocycles. The molecule has 1 unspecified atom stereocenters. The normalized spacial score (nSPS) is 19.1. The first kappa shape index (κ1) is 15.5. The quantitative estimate of drug-likeness (QED) is 0.932. The van der Waals surface area contributed by atoms with Gasteiger partial charge in [-0.3, -0.25) is 9.59 Å². The van der Waals surface area contributed by atoms with Gasteiger partial charge in [0.1, 0.15) is 17.3 Å². The number of rotatable bonds is 3. The van der Waals surface area contributed by atoms with E-state index in [1.54, 1.807) is 4.90 Å². The average molecular weight is 293 g/mol. The van der Waals surface area contributed by atoms with E-state index in [-0.39, 0.29) is 23.1 Å². The lowest BCUT2D eigenvalue weighted by Gasteiger charge is -2.29. The van der Waals surface area contributed by atoms with Crippen LogP contribution in [0.3, 0.4) is 0 Å². The molecule has 1 aliphatic heterocycles. The van der Waals surface area contributed by atoms with Gasteiger partial charge < -0.3 is 10.0 Å². The fraction of sp³-hybridized carbons (Fsp3) is 0.500. The van der Waals surface area contributed by atoms with Gasteiger partial charge in [-0.15, -0.1) is 0 Å². The third kappa shape index (κ3) is 3.80. The van der Waals surface area contributed by atoms with Crippen LogP contribution < -0.4 is 0 Å². The summed E-state index contributed by atoms with van der Waals surface area (Å²) < 4.78 is 13.3. The molecule has 5 heteroatoms. The van der Waals surface area contributed by atoms with Gasteiger partial charge >= 0.3 is 0 Å². The molecule has 1 heterocycles. The molecule has 0 aromatic heterocycles. The Kier molecular flexibility index (Phi) is 4.94. The highest BCUT2D eigenvalue weighted by atomic mass is 19.1. The van der Waals surface area contributed by atoms with Gasteiger partial charge in [-0.05, 0) is 38.0 Å².